The predicted octanol–water partition coefficient (Wildman–Crippen LogP) is 1.15. The Bertz CT molecular complexity index is 1120. The second kappa shape index (κ2) is 16.0. The highest BCUT2D eigenvalue weighted by Crippen LogP contribution is 2.23. The second-order valence-corrected chi connectivity index (χ2v) is 10.8. The first-order valence-corrected chi connectivity index (χ1v) is 13.8. The van der Waals surface area contributed by atoms with Crippen molar-refractivity contribution >= 4 is 45.7 Å². The number of H-pyrrole nitrogens is 1. The molecule has 0 fully saturated rings. The van der Waals surface area contributed by atoms with E-state index in [9.17, 15) is 29.4 Å². The van der Waals surface area contributed by atoms with Crippen LogP contribution < -0.4 is 21.7 Å². The summed E-state index contributed by atoms with van der Waals surface area (Å²) in [7, 11) is 0. The van der Waals surface area contributed by atoms with Gasteiger partial charge >= 0.3 is 5.97 Å². The third kappa shape index (κ3) is 11.2. The zero-order valence-corrected chi connectivity index (χ0v) is 23.2. The standard InChI is InChI=1S/C26H39N5O7S/c1-26(2,16-38-22(34)4-3-9-27)23(35)24(36)29-11-8-21(33)28-12-13-39-25(37)30-10-7-17-15-31-20-6-5-18(32)14-19(17)20/h5-6,14-15,23,31-32,35H,3-4,7-13,16,27H2,1-2H3,(H,28,33)(H,29,36)(H,30,37)/t23-/m0/s1. The van der Waals surface area contributed by atoms with Gasteiger partial charge in [-0.15, -0.1) is 0 Å². The number of aliphatic hydroxyl groups excluding tert-OH is 1. The Labute approximate surface area is 231 Å². The molecule has 2 rings (SSSR count). The van der Waals surface area contributed by atoms with Crippen molar-refractivity contribution in [3.05, 3.63) is 30.0 Å². The quantitative estimate of drug-likeness (QED) is 0.115. The number of aromatic hydroxyl groups is 1. The van der Waals surface area contributed by atoms with E-state index in [1.165, 1.54) is 0 Å². The van der Waals surface area contributed by atoms with Gasteiger partial charge in [-0.1, -0.05) is 25.6 Å². The number of amides is 3. The molecule has 13 heteroatoms. The van der Waals surface area contributed by atoms with Crippen LogP contribution in [-0.2, 0) is 25.5 Å². The number of nitrogens with one attached hydrogen (secondary N) is 4. The maximum Gasteiger partial charge on any atom is 0.305 e. The molecule has 12 nitrogen and oxygen atoms in total. The van der Waals surface area contributed by atoms with Gasteiger partial charge in [0.2, 0.25) is 11.8 Å². The molecule has 0 aliphatic heterocycles. The van der Waals surface area contributed by atoms with Crippen LogP contribution in [0.3, 0.4) is 0 Å². The number of nitrogens with two attached hydrogens (primary N) is 1. The molecular weight excluding hydrogens is 526 g/mol. The second-order valence-electron chi connectivity index (χ2n) is 9.69. The van der Waals surface area contributed by atoms with Gasteiger partial charge in [-0.25, -0.2) is 0 Å². The molecule has 0 spiro atoms. The number of phenols is 1. The van der Waals surface area contributed by atoms with E-state index in [4.69, 9.17) is 10.5 Å². The lowest BCUT2D eigenvalue weighted by molar-refractivity contribution is -0.153. The van der Waals surface area contributed by atoms with Gasteiger partial charge < -0.3 is 41.6 Å². The summed E-state index contributed by atoms with van der Waals surface area (Å²) in [4.78, 5) is 51.1. The van der Waals surface area contributed by atoms with Crippen molar-refractivity contribution in [2.75, 3.05) is 38.5 Å². The third-order valence-electron chi connectivity index (χ3n) is 5.90. The van der Waals surface area contributed by atoms with Crippen molar-refractivity contribution in [2.45, 2.75) is 45.6 Å². The fourth-order valence-corrected chi connectivity index (χ4v) is 4.15. The number of phenolic OH excluding ortho intramolecular Hbond substituents is 1. The molecule has 0 radical (unpaired) electrons. The molecule has 1 aromatic carbocycles. The predicted molar refractivity (Wildman–Crippen MR) is 149 cm³/mol. The maximum atomic E-state index is 12.3. The van der Waals surface area contributed by atoms with Gasteiger partial charge in [-0.05, 0) is 43.1 Å². The first kappa shape index (κ1) is 31.9. The molecule has 1 heterocycles. The van der Waals surface area contributed by atoms with Crippen molar-refractivity contribution in [3.8, 4) is 5.75 Å². The van der Waals surface area contributed by atoms with Gasteiger partial charge in [0.1, 0.15) is 11.9 Å². The lowest BCUT2D eigenvalue weighted by Crippen LogP contribution is -2.47. The van der Waals surface area contributed by atoms with Crippen molar-refractivity contribution in [1.82, 2.24) is 20.9 Å². The maximum absolute atomic E-state index is 12.3. The highest BCUT2D eigenvalue weighted by atomic mass is 32.2. The Morgan fingerprint density at radius 1 is 1.10 bits per heavy atom. The lowest BCUT2D eigenvalue weighted by Gasteiger charge is -2.29. The largest absolute Gasteiger partial charge is 0.508 e. The number of fused-ring (bicyclic) bond motifs is 1. The Hall–Kier alpha value is -3.29. The summed E-state index contributed by atoms with van der Waals surface area (Å²) < 4.78 is 5.11. The van der Waals surface area contributed by atoms with Gasteiger partial charge in [0, 0.05) is 60.7 Å². The summed E-state index contributed by atoms with van der Waals surface area (Å²) >= 11 is 1.05. The van der Waals surface area contributed by atoms with E-state index in [2.05, 4.69) is 20.9 Å². The van der Waals surface area contributed by atoms with Gasteiger partial charge in [0.05, 0.1) is 6.61 Å². The lowest BCUT2D eigenvalue weighted by atomic mass is 9.87. The monoisotopic (exact) mass is 565 g/mol. The summed E-state index contributed by atoms with van der Waals surface area (Å²) in [6.45, 7) is 4.16. The number of rotatable bonds is 16. The molecule has 0 aliphatic carbocycles. The van der Waals surface area contributed by atoms with E-state index in [0.717, 1.165) is 28.2 Å². The molecule has 8 N–H and O–H groups in total. The van der Waals surface area contributed by atoms with E-state index in [-0.39, 0.29) is 49.4 Å². The number of carbonyl (C=O) groups is 4. The van der Waals surface area contributed by atoms with Crippen molar-refractivity contribution in [1.29, 1.82) is 0 Å². The minimum Gasteiger partial charge on any atom is -0.508 e. The molecule has 0 saturated heterocycles. The fourth-order valence-electron chi connectivity index (χ4n) is 3.56. The molecule has 0 bridgehead atoms. The number of esters is 1. The van der Waals surface area contributed by atoms with Crippen LogP contribution in [0.25, 0.3) is 10.9 Å². The number of ether oxygens (including phenoxy) is 1. The number of hydrogen-bond acceptors (Lipinski definition) is 9. The molecule has 216 valence electrons. The Balaban J connectivity index is 1.56. The topological polar surface area (TPSA) is 196 Å². The summed E-state index contributed by atoms with van der Waals surface area (Å²) in [6.07, 6.45) is 1.70. The van der Waals surface area contributed by atoms with E-state index in [1.807, 2.05) is 6.20 Å². The number of hydrogen-bond donors (Lipinski definition) is 7. The molecule has 2 aromatic rings. The van der Waals surface area contributed by atoms with E-state index in [1.54, 1.807) is 32.0 Å². The smallest absolute Gasteiger partial charge is 0.305 e. The fraction of sp³-hybridized carbons (Fsp3) is 0.538. The first-order valence-electron chi connectivity index (χ1n) is 12.8. The minimum atomic E-state index is -1.43. The minimum absolute atomic E-state index is 0.00397. The molecular formula is C26H39N5O7S. The van der Waals surface area contributed by atoms with Crippen molar-refractivity contribution in [3.63, 3.8) is 0 Å². The Morgan fingerprint density at radius 2 is 1.87 bits per heavy atom. The zero-order chi connectivity index (χ0) is 28.8. The van der Waals surface area contributed by atoms with Crippen LogP contribution in [0.1, 0.15) is 38.7 Å². The Kier molecular flexibility index (Phi) is 13.1. The number of aliphatic hydroxyl groups is 1. The van der Waals surface area contributed by atoms with Crippen molar-refractivity contribution < 1.29 is 34.1 Å². The summed E-state index contributed by atoms with van der Waals surface area (Å²) in [6, 6.07) is 5.08. The first-order chi connectivity index (χ1) is 18.5. The van der Waals surface area contributed by atoms with Crippen LogP contribution in [0.4, 0.5) is 4.79 Å². The van der Waals surface area contributed by atoms with Crippen LogP contribution in [0.2, 0.25) is 0 Å². The molecule has 3 amide bonds. The number of benzene rings is 1. The van der Waals surface area contributed by atoms with Gasteiger partial charge in [-0.3, -0.25) is 19.2 Å². The van der Waals surface area contributed by atoms with Gasteiger partial charge in [0.15, 0.2) is 0 Å². The highest BCUT2D eigenvalue weighted by Gasteiger charge is 2.34. The number of aromatic amines is 1. The van der Waals surface area contributed by atoms with Crippen LogP contribution in [0.15, 0.2) is 24.4 Å². The summed E-state index contributed by atoms with van der Waals surface area (Å²) in [5.74, 6) is -0.852. The van der Waals surface area contributed by atoms with E-state index >= 15 is 0 Å². The van der Waals surface area contributed by atoms with Gasteiger partial charge in [0.25, 0.3) is 5.24 Å². The molecule has 0 aliphatic rings. The SMILES string of the molecule is CC(C)(COC(=O)CCCN)[C@@H](O)C(=O)NCCC(=O)NCCSC(=O)NCCc1c[nH]c2ccc(O)cc12. The van der Waals surface area contributed by atoms with Crippen LogP contribution in [0, 0.1) is 5.41 Å². The van der Waals surface area contributed by atoms with Crippen molar-refractivity contribution in [2.24, 2.45) is 11.1 Å². The third-order valence-corrected chi connectivity index (χ3v) is 6.72. The van der Waals surface area contributed by atoms with Gasteiger partial charge in [-0.2, -0.15) is 0 Å². The summed E-state index contributed by atoms with van der Waals surface area (Å²) in [5.41, 5.74) is 6.24. The van der Waals surface area contributed by atoms with E-state index in [0.29, 0.717) is 31.7 Å². The van der Waals surface area contributed by atoms with Crippen LogP contribution >= 0.6 is 11.8 Å². The highest BCUT2D eigenvalue weighted by molar-refractivity contribution is 8.13. The number of aromatic nitrogens is 1. The molecule has 0 unspecified atom stereocenters. The number of thioether (sulfide) groups is 1. The Morgan fingerprint density at radius 3 is 2.62 bits per heavy atom. The normalized spacial score (nSPS) is 12.1. The molecule has 39 heavy (non-hydrogen) atoms. The number of carbonyl (C=O) groups excluding carboxylic acids is 4. The van der Waals surface area contributed by atoms with Crippen LogP contribution in [0.5, 0.6) is 5.75 Å². The molecule has 1 aromatic heterocycles. The van der Waals surface area contributed by atoms with Crippen LogP contribution in [-0.4, -0.2) is 82.9 Å². The van der Waals surface area contributed by atoms with E-state index < -0.39 is 23.4 Å². The molecule has 1 atom stereocenters. The average molecular weight is 566 g/mol. The summed E-state index contributed by atoms with van der Waals surface area (Å²) in [5, 5.41) is 28.7. The molecule has 0 saturated carbocycles. The average Bonchev–Trinajstić information content (AvgIpc) is 3.30. The zero-order valence-electron chi connectivity index (χ0n) is 22.4.